The fourth-order valence-electron chi connectivity index (χ4n) is 1.99. The van der Waals surface area contributed by atoms with Gasteiger partial charge in [0.25, 0.3) is 0 Å². The number of aromatic nitrogens is 3. The third-order valence-electron chi connectivity index (χ3n) is 2.90. The van der Waals surface area contributed by atoms with Crippen molar-refractivity contribution in [2.24, 2.45) is 5.73 Å². The van der Waals surface area contributed by atoms with E-state index in [1.54, 1.807) is 0 Å². The molecule has 1 aliphatic carbocycles. The summed E-state index contributed by atoms with van der Waals surface area (Å²) >= 11 is 5.77. The molecule has 0 bridgehead atoms. The summed E-state index contributed by atoms with van der Waals surface area (Å²) < 4.78 is 4.93. The summed E-state index contributed by atoms with van der Waals surface area (Å²) in [5, 5.41) is 3.31. The number of rotatable bonds is 3. The lowest BCUT2D eigenvalue weighted by Crippen LogP contribution is -2.43. The first-order chi connectivity index (χ1) is 8.19. The number of hydrogen-bond donors (Lipinski definition) is 2. The molecule has 1 fully saturated rings. The van der Waals surface area contributed by atoms with Crippen molar-refractivity contribution in [3.8, 4) is 6.01 Å². The van der Waals surface area contributed by atoms with E-state index >= 15 is 0 Å². The largest absolute Gasteiger partial charge is 0.467 e. The summed E-state index contributed by atoms with van der Waals surface area (Å²) in [5.74, 6) is 0.421. The van der Waals surface area contributed by atoms with Gasteiger partial charge in [0.05, 0.1) is 7.11 Å². The molecule has 0 amide bonds. The van der Waals surface area contributed by atoms with Gasteiger partial charge in [0.2, 0.25) is 11.2 Å². The maximum Gasteiger partial charge on any atom is 0.322 e. The minimum atomic E-state index is 0.115. The molecule has 3 N–H and O–H groups in total. The van der Waals surface area contributed by atoms with Crippen molar-refractivity contribution in [1.29, 1.82) is 0 Å². The van der Waals surface area contributed by atoms with Crippen LogP contribution in [0, 0.1) is 0 Å². The normalized spacial score (nSPS) is 24.4. The zero-order chi connectivity index (χ0) is 12.3. The molecule has 6 nitrogen and oxygen atoms in total. The van der Waals surface area contributed by atoms with Gasteiger partial charge in [-0.25, -0.2) is 0 Å². The zero-order valence-corrected chi connectivity index (χ0v) is 10.4. The topological polar surface area (TPSA) is 86.0 Å². The smallest absolute Gasteiger partial charge is 0.322 e. The molecule has 94 valence electrons. The Labute approximate surface area is 105 Å². The summed E-state index contributed by atoms with van der Waals surface area (Å²) in [4.78, 5) is 11.9. The fraction of sp³-hybridized carbons (Fsp3) is 0.700. The van der Waals surface area contributed by atoms with Gasteiger partial charge in [-0.1, -0.05) is 12.8 Å². The molecule has 17 heavy (non-hydrogen) atoms. The van der Waals surface area contributed by atoms with Gasteiger partial charge in [0, 0.05) is 12.1 Å². The second-order valence-corrected chi connectivity index (χ2v) is 4.45. The van der Waals surface area contributed by atoms with Crippen LogP contribution in [0.2, 0.25) is 5.28 Å². The first-order valence-electron chi connectivity index (χ1n) is 5.66. The zero-order valence-electron chi connectivity index (χ0n) is 9.69. The third-order valence-corrected chi connectivity index (χ3v) is 3.07. The van der Waals surface area contributed by atoms with Gasteiger partial charge in [0.1, 0.15) is 0 Å². The van der Waals surface area contributed by atoms with Gasteiger partial charge < -0.3 is 15.8 Å². The monoisotopic (exact) mass is 257 g/mol. The highest BCUT2D eigenvalue weighted by Crippen LogP contribution is 2.20. The first-order valence-corrected chi connectivity index (χ1v) is 6.04. The van der Waals surface area contributed by atoms with Crippen molar-refractivity contribution in [2.75, 3.05) is 12.4 Å². The third kappa shape index (κ3) is 3.17. The van der Waals surface area contributed by atoms with Gasteiger partial charge in [-0.15, -0.1) is 0 Å². The Morgan fingerprint density at radius 3 is 2.76 bits per heavy atom. The fourth-order valence-corrected chi connectivity index (χ4v) is 2.14. The second kappa shape index (κ2) is 5.46. The lowest BCUT2D eigenvalue weighted by molar-refractivity contribution is 0.376. The molecule has 0 aliphatic heterocycles. The van der Waals surface area contributed by atoms with Crippen LogP contribution in [0.15, 0.2) is 0 Å². The SMILES string of the molecule is COc1nc(Cl)nc(NC2CCCCC2N)n1. The quantitative estimate of drug-likeness (QED) is 0.847. The molecule has 2 atom stereocenters. The molecule has 1 heterocycles. The number of anilines is 1. The van der Waals surface area contributed by atoms with Gasteiger partial charge in [-0.2, -0.15) is 15.0 Å². The second-order valence-electron chi connectivity index (χ2n) is 4.11. The van der Waals surface area contributed by atoms with Gasteiger partial charge in [-0.05, 0) is 24.4 Å². The highest BCUT2D eigenvalue weighted by Gasteiger charge is 2.22. The maximum atomic E-state index is 6.04. The lowest BCUT2D eigenvalue weighted by atomic mass is 9.91. The van der Waals surface area contributed by atoms with Crippen molar-refractivity contribution in [3.05, 3.63) is 5.28 Å². The highest BCUT2D eigenvalue weighted by molar-refractivity contribution is 6.28. The molecule has 0 aromatic carbocycles. The van der Waals surface area contributed by atoms with Gasteiger partial charge >= 0.3 is 6.01 Å². The molecule has 1 aromatic heterocycles. The van der Waals surface area contributed by atoms with Crippen molar-refractivity contribution >= 4 is 17.5 Å². The van der Waals surface area contributed by atoms with Crippen LogP contribution in [-0.4, -0.2) is 34.1 Å². The minimum absolute atomic E-state index is 0.115. The van der Waals surface area contributed by atoms with Crippen molar-refractivity contribution in [2.45, 2.75) is 37.8 Å². The molecule has 1 aliphatic rings. The van der Waals surface area contributed by atoms with E-state index in [0.29, 0.717) is 5.95 Å². The molecule has 0 saturated heterocycles. The molecular weight excluding hydrogens is 242 g/mol. The Morgan fingerprint density at radius 1 is 1.29 bits per heavy atom. The van der Waals surface area contributed by atoms with Crippen LogP contribution in [-0.2, 0) is 0 Å². The van der Waals surface area contributed by atoms with E-state index in [0.717, 1.165) is 12.8 Å². The summed E-state index contributed by atoms with van der Waals surface area (Å²) in [6, 6.07) is 0.522. The van der Waals surface area contributed by atoms with Crippen LogP contribution >= 0.6 is 11.6 Å². The summed E-state index contributed by atoms with van der Waals surface area (Å²) in [7, 11) is 1.49. The van der Waals surface area contributed by atoms with E-state index in [-0.39, 0.29) is 23.4 Å². The van der Waals surface area contributed by atoms with Crippen molar-refractivity contribution < 1.29 is 4.74 Å². The molecule has 1 aromatic rings. The Kier molecular flexibility index (Phi) is 3.96. The lowest BCUT2D eigenvalue weighted by Gasteiger charge is -2.29. The number of halogens is 1. The predicted molar refractivity (Wildman–Crippen MR) is 65.2 cm³/mol. The van der Waals surface area contributed by atoms with E-state index in [9.17, 15) is 0 Å². The average molecular weight is 258 g/mol. The van der Waals surface area contributed by atoms with Crippen LogP contribution in [0.3, 0.4) is 0 Å². The van der Waals surface area contributed by atoms with Crippen molar-refractivity contribution in [1.82, 2.24) is 15.0 Å². The van der Waals surface area contributed by atoms with E-state index in [1.165, 1.54) is 20.0 Å². The average Bonchev–Trinajstić information content (AvgIpc) is 2.31. The number of nitrogens with zero attached hydrogens (tertiary/aromatic N) is 3. The van der Waals surface area contributed by atoms with E-state index in [1.807, 2.05) is 0 Å². The standard InChI is InChI=1S/C10H16ClN5O/c1-17-10-15-8(11)14-9(16-10)13-7-5-3-2-4-6(7)12/h6-7H,2-5,12H2,1H3,(H,13,14,15,16). The number of hydrogen-bond acceptors (Lipinski definition) is 6. The highest BCUT2D eigenvalue weighted by atomic mass is 35.5. The maximum absolute atomic E-state index is 6.04. The number of nitrogens with two attached hydrogens (primary N) is 1. The van der Waals surface area contributed by atoms with E-state index in [2.05, 4.69) is 20.3 Å². The van der Waals surface area contributed by atoms with Gasteiger partial charge in [-0.3, -0.25) is 0 Å². The molecule has 7 heteroatoms. The predicted octanol–water partition coefficient (Wildman–Crippen LogP) is 1.22. The Hall–Kier alpha value is -1.14. The molecule has 2 unspecified atom stereocenters. The number of ether oxygens (including phenoxy) is 1. The van der Waals surface area contributed by atoms with Crippen LogP contribution in [0.4, 0.5) is 5.95 Å². The molecule has 1 saturated carbocycles. The summed E-state index contributed by atoms with van der Waals surface area (Å²) in [6.07, 6.45) is 4.39. The number of nitrogens with one attached hydrogen (secondary N) is 1. The van der Waals surface area contributed by atoms with Crippen LogP contribution in [0.5, 0.6) is 6.01 Å². The summed E-state index contributed by atoms with van der Waals surface area (Å²) in [6.45, 7) is 0. The minimum Gasteiger partial charge on any atom is -0.467 e. The Bertz CT molecular complexity index is 389. The number of methoxy groups -OCH3 is 1. The van der Waals surface area contributed by atoms with Crippen LogP contribution < -0.4 is 15.8 Å². The Balaban J connectivity index is 2.09. The van der Waals surface area contributed by atoms with E-state index in [4.69, 9.17) is 22.1 Å². The van der Waals surface area contributed by atoms with E-state index < -0.39 is 0 Å². The Morgan fingerprint density at radius 2 is 2.06 bits per heavy atom. The van der Waals surface area contributed by atoms with Crippen LogP contribution in [0.1, 0.15) is 25.7 Å². The van der Waals surface area contributed by atoms with Crippen LogP contribution in [0.25, 0.3) is 0 Å². The van der Waals surface area contributed by atoms with Crippen molar-refractivity contribution in [3.63, 3.8) is 0 Å². The molecule has 2 rings (SSSR count). The van der Waals surface area contributed by atoms with Gasteiger partial charge in [0.15, 0.2) is 0 Å². The molecule has 0 radical (unpaired) electrons. The summed E-state index contributed by atoms with van der Waals surface area (Å²) in [5.41, 5.74) is 6.04. The molecule has 0 spiro atoms. The molecular formula is C10H16ClN5O. The first kappa shape index (κ1) is 12.3.